The smallest absolute Gasteiger partial charge is 0.372 e. The number of nitrogens with zero attached hydrogens (tertiary/aromatic N) is 1. The molecule has 2 aliphatic rings. The number of allylic oxidation sites excluding steroid dienone is 1. The highest BCUT2D eigenvalue weighted by Gasteiger charge is 2.36. The first-order chi connectivity index (χ1) is 12.6. The van der Waals surface area contributed by atoms with E-state index in [1.165, 1.54) is 5.57 Å². The quantitative estimate of drug-likeness (QED) is 0.773. The van der Waals surface area contributed by atoms with E-state index in [-0.39, 0.29) is 5.91 Å². The zero-order valence-electron chi connectivity index (χ0n) is 13.7. The van der Waals surface area contributed by atoms with Crippen molar-refractivity contribution in [2.24, 2.45) is 0 Å². The second-order valence-corrected chi connectivity index (χ2v) is 6.57. The molecule has 0 bridgehead atoms. The molecule has 3 aromatic rings. The summed E-state index contributed by atoms with van der Waals surface area (Å²) in [4.78, 5) is 40.4. The standard InChI is InChI=1S/C20H14N2O4/c23-18-14-4-2-1-3-13(14)17(12-6-7-12)22(18)10-11-5-8-16-15(9-11)19(24)26-20(25)21-16/h1-5,8-9H,6-7,10H2,(H,21,25). The van der Waals surface area contributed by atoms with Gasteiger partial charge in [-0.05, 0) is 42.2 Å². The molecule has 0 unspecified atom stereocenters. The monoisotopic (exact) mass is 346 g/mol. The van der Waals surface area contributed by atoms with Crippen LogP contribution in [-0.2, 0) is 6.54 Å². The van der Waals surface area contributed by atoms with E-state index < -0.39 is 11.4 Å². The van der Waals surface area contributed by atoms with Crippen molar-refractivity contribution in [1.29, 1.82) is 0 Å². The SMILES string of the molecule is O=C1c2ccccc2C(=C2CC2)N1Cc1ccc2[nH]c(=O)oc(=O)c2c1. The number of amides is 1. The first-order valence-electron chi connectivity index (χ1n) is 8.41. The summed E-state index contributed by atoms with van der Waals surface area (Å²) < 4.78 is 4.60. The van der Waals surface area contributed by atoms with Gasteiger partial charge < -0.3 is 9.32 Å². The number of fused-ring (bicyclic) bond motifs is 2. The summed E-state index contributed by atoms with van der Waals surface area (Å²) >= 11 is 0. The van der Waals surface area contributed by atoms with Gasteiger partial charge >= 0.3 is 11.4 Å². The Bertz CT molecular complexity index is 1230. The van der Waals surface area contributed by atoms with Crippen molar-refractivity contribution in [3.8, 4) is 0 Å². The van der Waals surface area contributed by atoms with Crippen LogP contribution in [0.25, 0.3) is 16.6 Å². The number of rotatable bonds is 2. The van der Waals surface area contributed by atoms with Gasteiger partial charge in [0.2, 0.25) is 0 Å². The molecular weight excluding hydrogens is 332 g/mol. The van der Waals surface area contributed by atoms with E-state index in [0.717, 1.165) is 29.7 Å². The van der Waals surface area contributed by atoms with Gasteiger partial charge in [-0.1, -0.05) is 24.3 Å². The number of aromatic nitrogens is 1. The number of aromatic amines is 1. The van der Waals surface area contributed by atoms with Crippen LogP contribution in [0.5, 0.6) is 0 Å². The average Bonchev–Trinajstić information content (AvgIpc) is 3.42. The van der Waals surface area contributed by atoms with E-state index in [1.54, 1.807) is 17.0 Å². The van der Waals surface area contributed by atoms with Crippen LogP contribution < -0.4 is 11.4 Å². The molecule has 128 valence electrons. The van der Waals surface area contributed by atoms with E-state index in [9.17, 15) is 14.4 Å². The van der Waals surface area contributed by atoms with E-state index in [4.69, 9.17) is 0 Å². The molecule has 6 nitrogen and oxygen atoms in total. The van der Waals surface area contributed by atoms with Gasteiger partial charge in [0, 0.05) is 11.1 Å². The maximum Gasteiger partial charge on any atom is 0.419 e. The van der Waals surface area contributed by atoms with Gasteiger partial charge in [-0.3, -0.25) is 9.78 Å². The molecule has 1 aliphatic carbocycles. The molecule has 1 N–H and O–H groups in total. The fourth-order valence-corrected chi connectivity index (χ4v) is 3.52. The third-order valence-corrected chi connectivity index (χ3v) is 4.83. The number of benzene rings is 2. The van der Waals surface area contributed by atoms with Gasteiger partial charge in [-0.15, -0.1) is 0 Å². The minimum atomic E-state index is -0.777. The Kier molecular flexibility index (Phi) is 3.03. The Morgan fingerprint density at radius 3 is 2.54 bits per heavy atom. The van der Waals surface area contributed by atoms with Crippen LogP contribution in [0.3, 0.4) is 0 Å². The molecule has 0 atom stereocenters. The predicted octanol–water partition coefficient (Wildman–Crippen LogP) is 2.64. The minimum Gasteiger partial charge on any atom is -0.372 e. The number of H-pyrrole nitrogens is 1. The average molecular weight is 346 g/mol. The highest BCUT2D eigenvalue weighted by atomic mass is 16.4. The molecule has 1 fully saturated rings. The normalized spacial score (nSPS) is 15.7. The third-order valence-electron chi connectivity index (χ3n) is 4.83. The molecule has 1 aromatic heterocycles. The molecule has 26 heavy (non-hydrogen) atoms. The summed E-state index contributed by atoms with van der Waals surface area (Å²) in [7, 11) is 0. The second kappa shape index (κ2) is 5.29. The maximum absolute atomic E-state index is 12.9. The van der Waals surface area contributed by atoms with Gasteiger partial charge in [0.05, 0.1) is 23.1 Å². The molecule has 5 rings (SSSR count). The van der Waals surface area contributed by atoms with Crippen LogP contribution in [0, 0.1) is 0 Å². The minimum absolute atomic E-state index is 0.0244. The molecule has 1 amide bonds. The van der Waals surface area contributed by atoms with Crippen molar-refractivity contribution in [3.63, 3.8) is 0 Å². The van der Waals surface area contributed by atoms with Gasteiger partial charge in [0.25, 0.3) is 5.91 Å². The summed E-state index contributed by atoms with van der Waals surface area (Å²) in [6, 6.07) is 12.8. The number of carbonyl (C=O) groups is 1. The molecule has 0 spiro atoms. The third kappa shape index (κ3) is 2.23. The number of nitrogens with one attached hydrogen (secondary N) is 1. The lowest BCUT2D eigenvalue weighted by molar-refractivity contribution is 0.0842. The summed E-state index contributed by atoms with van der Waals surface area (Å²) in [5.74, 6) is -0.801. The van der Waals surface area contributed by atoms with Crippen LogP contribution >= 0.6 is 0 Å². The van der Waals surface area contributed by atoms with Crippen LogP contribution in [-0.4, -0.2) is 15.8 Å². The molecule has 1 saturated carbocycles. The van der Waals surface area contributed by atoms with Crippen molar-refractivity contribution in [3.05, 3.63) is 85.7 Å². The van der Waals surface area contributed by atoms with Crippen LogP contribution in [0.1, 0.15) is 34.3 Å². The van der Waals surface area contributed by atoms with Crippen molar-refractivity contribution in [2.45, 2.75) is 19.4 Å². The van der Waals surface area contributed by atoms with E-state index in [0.29, 0.717) is 23.0 Å². The van der Waals surface area contributed by atoms with Crippen molar-refractivity contribution in [1.82, 2.24) is 9.88 Å². The Labute approximate surface area is 147 Å². The van der Waals surface area contributed by atoms with Crippen LogP contribution in [0.4, 0.5) is 0 Å². The highest BCUT2D eigenvalue weighted by molar-refractivity contribution is 6.10. The summed E-state index contributed by atoms with van der Waals surface area (Å²) in [5.41, 5.74) is 4.53. The fraction of sp³-hybridized carbons (Fsp3) is 0.150. The van der Waals surface area contributed by atoms with E-state index in [1.807, 2.05) is 30.3 Å². The Balaban J connectivity index is 1.59. The van der Waals surface area contributed by atoms with E-state index >= 15 is 0 Å². The lowest BCUT2D eigenvalue weighted by atomic mass is 10.1. The molecule has 1 aliphatic heterocycles. The Morgan fingerprint density at radius 1 is 1.00 bits per heavy atom. The van der Waals surface area contributed by atoms with E-state index in [2.05, 4.69) is 9.40 Å². The van der Waals surface area contributed by atoms with Crippen molar-refractivity contribution in [2.75, 3.05) is 0 Å². The first-order valence-corrected chi connectivity index (χ1v) is 8.41. The zero-order chi connectivity index (χ0) is 17.8. The molecule has 6 heteroatoms. The van der Waals surface area contributed by atoms with Gasteiger partial charge in [-0.2, -0.15) is 0 Å². The number of hydrogen-bond acceptors (Lipinski definition) is 4. The summed E-state index contributed by atoms with van der Waals surface area (Å²) in [6.45, 7) is 0.362. The van der Waals surface area contributed by atoms with Crippen LogP contribution in [0.15, 0.2) is 62.0 Å². The molecule has 0 radical (unpaired) electrons. The lowest BCUT2D eigenvalue weighted by Gasteiger charge is -2.19. The molecular formula is C20H14N2O4. The van der Waals surface area contributed by atoms with Crippen molar-refractivity contribution < 1.29 is 9.21 Å². The summed E-state index contributed by atoms with van der Waals surface area (Å²) in [5, 5.41) is 0.298. The number of hydrogen-bond donors (Lipinski definition) is 1. The number of carbonyl (C=O) groups excluding carboxylic acids is 1. The van der Waals surface area contributed by atoms with Crippen LogP contribution in [0.2, 0.25) is 0 Å². The van der Waals surface area contributed by atoms with Gasteiger partial charge in [0.1, 0.15) is 0 Å². The van der Waals surface area contributed by atoms with Crippen molar-refractivity contribution >= 4 is 22.5 Å². The first kappa shape index (κ1) is 14.9. The Morgan fingerprint density at radius 2 is 1.77 bits per heavy atom. The fourth-order valence-electron chi connectivity index (χ4n) is 3.52. The largest absolute Gasteiger partial charge is 0.419 e. The molecule has 0 saturated heterocycles. The maximum atomic E-state index is 12.9. The topological polar surface area (TPSA) is 83.4 Å². The second-order valence-electron chi connectivity index (χ2n) is 6.57. The van der Waals surface area contributed by atoms with Gasteiger partial charge in [-0.25, -0.2) is 9.59 Å². The molecule has 2 aromatic carbocycles. The van der Waals surface area contributed by atoms with Gasteiger partial charge in [0.15, 0.2) is 0 Å². The predicted molar refractivity (Wildman–Crippen MR) is 95.6 cm³/mol. The Hall–Kier alpha value is -3.41. The zero-order valence-corrected chi connectivity index (χ0v) is 13.7. The lowest BCUT2D eigenvalue weighted by Crippen LogP contribution is -2.23. The highest BCUT2D eigenvalue weighted by Crippen LogP contribution is 2.44. The summed E-state index contributed by atoms with van der Waals surface area (Å²) in [6.07, 6.45) is 2.02. The molecule has 2 heterocycles.